The van der Waals surface area contributed by atoms with Crippen molar-refractivity contribution < 1.29 is 23.1 Å². The minimum Gasteiger partial charge on any atom is -0.396 e. The molecule has 7 heteroatoms. The smallest absolute Gasteiger partial charge is 0.389 e. The fourth-order valence-electron chi connectivity index (χ4n) is 1.89. The molecular formula is C15H21F3N2O2. The number of alkyl halides is 3. The van der Waals surface area contributed by atoms with Crippen molar-refractivity contribution in [3.8, 4) is 0 Å². The molecule has 1 rings (SSSR count). The van der Waals surface area contributed by atoms with Crippen LogP contribution in [-0.2, 0) is 6.42 Å². The Morgan fingerprint density at radius 3 is 2.64 bits per heavy atom. The molecular weight excluding hydrogens is 297 g/mol. The van der Waals surface area contributed by atoms with Gasteiger partial charge in [-0.25, -0.2) is 4.79 Å². The van der Waals surface area contributed by atoms with Gasteiger partial charge in [-0.05, 0) is 30.4 Å². The quantitative estimate of drug-likeness (QED) is 0.722. The van der Waals surface area contributed by atoms with E-state index in [4.69, 9.17) is 5.11 Å². The molecule has 22 heavy (non-hydrogen) atoms. The number of carbonyl (C=O) groups excluding carboxylic acids is 1. The molecule has 2 amide bonds. The van der Waals surface area contributed by atoms with E-state index in [-0.39, 0.29) is 18.9 Å². The fraction of sp³-hybridized carbons (Fsp3) is 0.533. The van der Waals surface area contributed by atoms with Crippen LogP contribution in [0.2, 0.25) is 0 Å². The fourth-order valence-corrected chi connectivity index (χ4v) is 1.89. The van der Waals surface area contributed by atoms with E-state index in [1.165, 1.54) is 0 Å². The number of carbonyl (C=O) groups is 1. The minimum atomic E-state index is -4.23. The van der Waals surface area contributed by atoms with E-state index < -0.39 is 18.6 Å². The number of aryl methyl sites for hydroxylation is 1. The number of hydrogen-bond donors (Lipinski definition) is 3. The molecule has 124 valence electrons. The van der Waals surface area contributed by atoms with E-state index in [1.54, 1.807) is 24.3 Å². The maximum Gasteiger partial charge on any atom is 0.389 e. The Labute approximate surface area is 127 Å². The van der Waals surface area contributed by atoms with Crippen molar-refractivity contribution in [2.45, 2.75) is 32.4 Å². The number of hydrogen-bond acceptors (Lipinski definition) is 2. The lowest BCUT2D eigenvalue weighted by Gasteiger charge is -2.14. The standard InChI is InChI=1S/C15H21F3N2O2/c1-11(7-9-21)10-19-14(22)20-13-5-3-2-4-12(13)6-8-15(16,17)18/h2-5,11,21H,6-10H2,1H3,(H2,19,20,22). The lowest BCUT2D eigenvalue weighted by Crippen LogP contribution is -2.32. The number of aliphatic hydroxyl groups is 1. The number of anilines is 1. The summed E-state index contributed by atoms with van der Waals surface area (Å²) in [5.74, 6) is 0.122. The highest BCUT2D eigenvalue weighted by Crippen LogP contribution is 2.25. The van der Waals surface area contributed by atoms with Gasteiger partial charge < -0.3 is 15.7 Å². The average Bonchev–Trinajstić information content (AvgIpc) is 2.44. The molecule has 0 aromatic heterocycles. The SMILES string of the molecule is CC(CCO)CNC(=O)Nc1ccccc1CCC(F)(F)F. The van der Waals surface area contributed by atoms with E-state index in [0.717, 1.165) is 0 Å². The van der Waals surface area contributed by atoms with Crippen LogP contribution in [0.1, 0.15) is 25.3 Å². The Hall–Kier alpha value is -1.76. The number of aliphatic hydroxyl groups excluding tert-OH is 1. The normalized spacial score (nSPS) is 12.8. The van der Waals surface area contributed by atoms with Crippen molar-refractivity contribution in [2.75, 3.05) is 18.5 Å². The Bertz CT molecular complexity index is 478. The van der Waals surface area contributed by atoms with Gasteiger partial charge in [0.25, 0.3) is 0 Å². The summed E-state index contributed by atoms with van der Waals surface area (Å²) in [5, 5.41) is 14.0. The first kappa shape index (κ1) is 18.3. The molecule has 1 atom stereocenters. The highest BCUT2D eigenvalue weighted by molar-refractivity contribution is 5.90. The van der Waals surface area contributed by atoms with Crippen molar-refractivity contribution in [2.24, 2.45) is 5.92 Å². The number of urea groups is 1. The summed E-state index contributed by atoms with van der Waals surface area (Å²) in [7, 11) is 0. The van der Waals surface area contributed by atoms with Crippen molar-refractivity contribution in [1.82, 2.24) is 5.32 Å². The largest absolute Gasteiger partial charge is 0.396 e. The van der Waals surface area contributed by atoms with E-state index >= 15 is 0 Å². The van der Waals surface area contributed by atoms with Crippen molar-refractivity contribution in [3.05, 3.63) is 29.8 Å². The van der Waals surface area contributed by atoms with Gasteiger partial charge in [-0.2, -0.15) is 13.2 Å². The lowest BCUT2D eigenvalue weighted by atomic mass is 10.1. The number of amides is 2. The molecule has 0 radical (unpaired) electrons. The first-order valence-corrected chi connectivity index (χ1v) is 7.12. The van der Waals surface area contributed by atoms with E-state index in [0.29, 0.717) is 24.2 Å². The zero-order chi connectivity index (χ0) is 16.6. The van der Waals surface area contributed by atoms with E-state index in [1.807, 2.05) is 6.92 Å². The molecule has 0 heterocycles. The number of benzene rings is 1. The van der Waals surface area contributed by atoms with Crippen LogP contribution < -0.4 is 10.6 Å². The molecule has 1 aromatic rings. The molecule has 0 saturated heterocycles. The van der Waals surface area contributed by atoms with Crippen LogP contribution in [-0.4, -0.2) is 30.5 Å². The van der Waals surface area contributed by atoms with Gasteiger partial charge >= 0.3 is 12.2 Å². The van der Waals surface area contributed by atoms with Crippen LogP contribution in [0.3, 0.4) is 0 Å². The number of halogens is 3. The summed E-state index contributed by atoms with van der Waals surface area (Å²) in [6.45, 7) is 2.32. The van der Waals surface area contributed by atoms with Crippen LogP contribution in [0.4, 0.5) is 23.7 Å². The summed E-state index contributed by atoms with van der Waals surface area (Å²) < 4.78 is 36.9. The Balaban J connectivity index is 2.56. The molecule has 1 unspecified atom stereocenters. The summed E-state index contributed by atoms with van der Waals surface area (Å²) in [4.78, 5) is 11.8. The second-order valence-electron chi connectivity index (χ2n) is 5.22. The highest BCUT2D eigenvalue weighted by Gasteiger charge is 2.27. The molecule has 0 bridgehead atoms. The predicted molar refractivity (Wildman–Crippen MR) is 78.7 cm³/mol. The van der Waals surface area contributed by atoms with E-state index in [9.17, 15) is 18.0 Å². The average molecular weight is 318 g/mol. The van der Waals surface area contributed by atoms with Crippen molar-refractivity contribution in [1.29, 1.82) is 0 Å². The first-order chi connectivity index (χ1) is 10.3. The van der Waals surface area contributed by atoms with Crippen LogP contribution in [0.25, 0.3) is 0 Å². The predicted octanol–water partition coefficient (Wildman–Crippen LogP) is 3.32. The summed E-state index contributed by atoms with van der Waals surface area (Å²) >= 11 is 0. The van der Waals surface area contributed by atoms with Gasteiger partial charge in [0, 0.05) is 25.3 Å². The zero-order valence-electron chi connectivity index (χ0n) is 12.4. The van der Waals surface area contributed by atoms with Crippen LogP contribution in [0, 0.1) is 5.92 Å². The second kappa shape index (κ2) is 8.63. The third-order valence-corrected chi connectivity index (χ3v) is 3.18. The van der Waals surface area contributed by atoms with Gasteiger partial charge in [-0.1, -0.05) is 25.1 Å². The lowest BCUT2D eigenvalue weighted by molar-refractivity contribution is -0.133. The van der Waals surface area contributed by atoms with Gasteiger partial charge in [0.1, 0.15) is 0 Å². The van der Waals surface area contributed by atoms with Crippen LogP contribution >= 0.6 is 0 Å². The third kappa shape index (κ3) is 7.31. The summed E-state index contributed by atoms with van der Waals surface area (Å²) in [6, 6.07) is 5.96. The van der Waals surface area contributed by atoms with Gasteiger partial charge in [-0.3, -0.25) is 0 Å². The molecule has 0 fully saturated rings. The van der Waals surface area contributed by atoms with Gasteiger partial charge in [0.2, 0.25) is 0 Å². The second-order valence-corrected chi connectivity index (χ2v) is 5.22. The zero-order valence-corrected chi connectivity index (χ0v) is 12.4. The molecule has 0 aliphatic carbocycles. The first-order valence-electron chi connectivity index (χ1n) is 7.12. The molecule has 3 N–H and O–H groups in total. The molecule has 0 spiro atoms. The molecule has 1 aromatic carbocycles. The van der Waals surface area contributed by atoms with Gasteiger partial charge in [0.05, 0.1) is 0 Å². The molecule has 4 nitrogen and oxygen atoms in total. The summed E-state index contributed by atoms with van der Waals surface area (Å²) in [5.41, 5.74) is 0.817. The van der Waals surface area contributed by atoms with Crippen molar-refractivity contribution in [3.63, 3.8) is 0 Å². The maximum absolute atomic E-state index is 12.3. The topological polar surface area (TPSA) is 61.4 Å². The molecule has 0 aliphatic rings. The summed E-state index contributed by atoms with van der Waals surface area (Å²) in [6.07, 6.45) is -4.76. The van der Waals surface area contributed by atoms with E-state index in [2.05, 4.69) is 10.6 Å². The highest BCUT2D eigenvalue weighted by atomic mass is 19.4. The maximum atomic E-state index is 12.3. The number of rotatable bonds is 7. The van der Waals surface area contributed by atoms with Crippen molar-refractivity contribution >= 4 is 11.7 Å². The van der Waals surface area contributed by atoms with Gasteiger partial charge in [-0.15, -0.1) is 0 Å². The Kier molecular flexibility index (Phi) is 7.17. The number of nitrogens with one attached hydrogen (secondary N) is 2. The number of para-hydroxylation sites is 1. The molecule has 0 aliphatic heterocycles. The monoisotopic (exact) mass is 318 g/mol. The third-order valence-electron chi connectivity index (χ3n) is 3.18. The van der Waals surface area contributed by atoms with Crippen LogP contribution in [0.5, 0.6) is 0 Å². The Morgan fingerprint density at radius 1 is 1.32 bits per heavy atom. The Morgan fingerprint density at radius 2 is 2.00 bits per heavy atom. The minimum absolute atomic E-state index is 0.0464. The van der Waals surface area contributed by atoms with Crippen LogP contribution in [0.15, 0.2) is 24.3 Å². The molecule has 0 saturated carbocycles. The van der Waals surface area contributed by atoms with Gasteiger partial charge in [0.15, 0.2) is 0 Å².